The molecule has 1 aromatic rings. The molecule has 3 fully saturated rings. The molecule has 0 radical (unpaired) electrons. The molecule has 4 rings (SSSR count). The molecule has 5 nitrogen and oxygen atoms in total. The van der Waals surface area contributed by atoms with Gasteiger partial charge in [-0.25, -0.2) is 0 Å². The van der Waals surface area contributed by atoms with Crippen LogP contribution in [0.15, 0.2) is 18.2 Å². The Bertz CT molecular complexity index is 739. The number of benzene rings is 1. The predicted octanol–water partition coefficient (Wildman–Crippen LogP) is 3.35. The van der Waals surface area contributed by atoms with Crippen LogP contribution in [-0.2, 0) is 14.4 Å². The first-order valence-corrected chi connectivity index (χ1v) is 9.32. The third-order valence-electron chi connectivity index (χ3n) is 5.81. The number of hydrogen-bond acceptors (Lipinski definition) is 3. The van der Waals surface area contributed by atoms with Crippen molar-refractivity contribution in [3.8, 4) is 0 Å². The summed E-state index contributed by atoms with van der Waals surface area (Å²) in [6.45, 7) is 0.119. The Kier molecular flexibility index (Phi) is 4.24. The average Bonchev–Trinajstić information content (AvgIpc) is 3.25. The summed E-state index contributed by atoms with van der Waals surface area (Å²) >= 11 is 12.0. The van der Waals surface area contributed by atoms with Crippen LogP contribution in [0.4, 0.5) is 5.69 Å². The zero-order chi connectivity index (χ0) is 17.7. The van der Waals surface area contributed by atoms with Crippen molar-refractivity contribution >= 4 is 46.6 Å². The number of halogens is 2. The molecule has 0 spiro atoms. The number of carbonyl (C=O) groups is 3. The van der Waals surface area contributed by atoms with E-state index in [1.165, 1.54) is 4.90 Å². The summed E-state index contributed by atoms with van der Waals surface area (Å²) in [5, 5.41) is 3.31. The van der Waals surface area contributed by atoms with E-state index in [-0.39, 0.29) is 47.5 Å². The summed E-state index contributed by atoms with van der Waals surface area (Å²) in [7, 11) is 0. The monoisotopic (exact) mass is 380 g/mol. The Morgan fingerprint density at radius 2 is 1.76 bits per heavy atom. The first-order chi connectivity index (χ1) is 12.0. The van der Waals surface area contributed by atoms with Crippen LogP contribution in [0, 0.1) is 23.7 Å². The number of amides is 3. The Morgan fingerprint density at radius 1 is 1.12 bits per heavy atom. The molecule has 2 aliphatic carbocycles. The minimum absolute atomic E-state index is 0.0507. The second kappa shape index (κ2) is 6.29. The van der Waals surface area contributed by atoms with Gasteiger partial charge < -0.3 is 5.32 Å². The zero-order valence-electron chi connectivity index (χ0n) is 13.5. The van der Waals surface area contributed by atoms with Crippen LogP contribution in [0.5, 0.6) is 0 Å². The van der Waals surface area contributed by atoms with Gasteiger partial charge in [0, 0.05) is 13.0 Å². The lowest BCUT2D eigenvalue weighted by atomic mass is 9.81. The third-order valence-corrected chi connectivity index (χ3v) is 6.63. The standard InChI is InChI=1S/C18H18Cl2N2O3/c19-11-2-1-3-12(16(11)20)21-13(23)6-7-22-17(24)14-9-4-5-10(8-9)15(14)18(22)25/h1-3,9-10,14-15H,4-8H2,(H,21,23)/t9-,10+,14-,15-/m0/s1. The molecule has 25 heavy (non-hydrogen) atoms. The first-order valence-electron chi connectivity index (χ1n) is 8.56. The van der Waals surface area contributed by atoms with Crippen LogP contribution >= 0.6 is 23.2 Å². The van der Waals surface area contributed by atoms with Gasteiger partial charge in [-0.05, 0) is 43.2 Å². The lowest BCUT2D eigenvalue weighted by molar-refractivity contribution is -0.140. The van der Waals surface area contributed by atoms with Gasteiger partial charge in [-0.1, -0.05) is 29.3 Å². The van der Waals surface area contributed by atoms with Gasteiger partial charge in [0.1, 0.15) is 0 Å². The van der Waals surface area contributed by atoms with E-state index in [1.54, 1.807) is 18.2 Å². The van der Waals surface area contributed by atoms with Crippen LogP contribution in [0.25, 0.3) is 0 Å². The zero-order valence-corrected chi connectivity index (χ0v) is 15.0. The van der Waals surface area contributed by atoms with Gasteiger partial charge in [0.25, 0.3) is 0 Å². The van der Waals surface area contributed by atoms with Crippen molar-refractivity contribution < 1.29 is 14.4 Å². The summed E-state index contributed by atoms with van der Waals surface area (Å²) in [5.74, 6) is -0.0455. The third kappa shape index (κ3) is 2.74. The van der Waals surface area contributed by atoms with Crippen LogP contribution in [-0.4, -0.2) is 29.2 Å². The van der Waals surface area contributed by atoms with E-state index in [0.717, 1.165) is 19.3 Å². The Hall–Kier alpha value is -1.59. The van der Waals surface area contributed by atoms with E-state index in [2.05, 4.69) is 5.32 Å². The fourth-order valence-corrected chi connectivity index (χ4v) is 5.07. The number of fused-ring (bicyclic) bond motifs is 5. The van der Waals surface area contributed by atoms with Crippen LogP contribution < -0.4 is 5.32 Å². The molecule has 1 N–H and O–H groups in total. The van der Waals surface area contributed by atoms with E-state index < -0.39 is 0 Å². The second-order valence-electron chi connectivity index (χ2n) is 7.11. The maximum atomic E-state index is 12.6. The quantitative estimate of drug-likeness (QED) is 0.814. The SMILES string of the molecule is O=C(CCN1C(=O)[C@H]2[C@@H]3CC[C@@H](C3)[C@@H]2C1=O)Nc1cccc(Cl)c1Cl. The van der Waals surface area contributed by atoms with Gasteiger partial charge >= 0.3 is 0 Å². The molecule has 3 amide bonds. The number of nitrogens with zero attached hydrogens (tertiary/aromatic N) is 1. The fraction of sp³-hybridized carbons (Fsp3) is 0.500. The van der Waals surface area contributed by atoms with Crippen molar-refractivity contribution in [3.05, 3.63) is 28.2 Å². The van der Waals surface area contributed by atoms with Crippen molar-refractivity contribution in [3.63, 3.8) is 0 Å². The van der Waals surface area contributed by atoms with Crippen molar-refractivity contribution in [2.24, 2.45) is 23.7 Å². The van der Waals surface area contributed by atoms with E-state index >= 15 is 0 Å². The Balaban J connectivity index is 1.38. The maximum Gasteiger partial charge on any atom is 0.233 e. The lowest BCUT2D eigenvalue weighted by Crippen LogP contribution is -2.35. The van der Waals surface area contributed by atoms with Gasteiger partial charge in [-0.2, -0.15) is 0 Å². The minimum atomic E-state index is -0.301. The molecule has 1 heterocycles. The van der Waals surface area contributed by atoms with E-state index in [9.17, 15) is 14.4 Å². The minimum Gasteiger partial charge on any atom is -0.325 e. The molecule has 0 unspecified atom stereocenters. The molecule has 3 aliphatic rings. The highest BCUT2D eigenvalue weighted by Gasteiger charge is 2.60. The molecule has 1 aliphatic heterocycles. The number of rotatable bonds is 4. The molecule has 2 saturated carbocycles. The molecular formula is C18H18Cl2N2O3. The average molecular weight is 381 g/mol. The van der Waals surface area contributed by atoms with E-state index in [4.69, 9.17) is 23.2 Å². The van der Waals surface area contributed by atoms with Crippen molar-refractivity contribution in [2.45, 2.75) is 25.7 Å². The van der Waals surface area contributed by atoms with E-state index in [1.807, 2.05) is 0 Å². The molecule has 1 aromatic carbocycles. The summed E-state index contributed by atoms with van der Waals surface area (Å²) in [6.07, 6.45) is 3.16. The number of imide groups is 1. The normalized spacial score (nSPS) is 30.1. The van der Waals surface area contributed by atoms with Crippen LogP contribution in [0.2, 0.25) is 10.0 Å². The molecule has 7 heteroatoms. The molecule has 4 atom stereocenters. The van der Waals surface area contributed by atoms with Gasteiger partial charge in [0.15, 0.2) is 0 Å². The number of carbonyl (C=O) groups excluding carboxylic acids is 3. The number of likely N-dealkylation sites (tertiary alicyclic amines) is 1. The highest BCUT2D eigenvalue weighted by molar-refractivity contribution is 6.44. The smallest absolute Gasteiger partial charge is 0.233 e. The van der Waals surface area contributed by atoms with Gasteiger partial charge in [0.05, 0.1) is 27.6 Å². The van der Waals surface area contributed by atoms with Gasteiger partial charge in [-0.15, -0.1) is 0 Å². The first kappa shape index (κ1) is 16.9. The topological polar surface area (TPSA) is 66.5 Å². The summed E-state index contributed by atoms with van der Waals surface area (Å²) in [6, 6.07) is 4.98. The largest absolute Gasteiger partial charge is 0.325 e. The molecular weight excluding hydrogens is 363 g/mol. The van der Waals surface area contributed by atoms with Gasteiger partial charge in [-0.3, -0.25) is 19.3 Å². The Morgan fingerprint density at radius 3 is 2.40 bits per heavy atom. The van der Waals surface area contributed by atoms with Crippen molar-refractivity contribution in [1.82, 2.24) is 4.90 Å². The van der Waals surface area contributed by atoms with Gasteiger partial charge in [0.2, 0.25) is 17.7 Å². The summed E-state index contributed by atoms with van der Waals surface area (Å²) in [5.41, 5.74) is 0.424. The van der Waals surface area contributed by atoms with Crippen LogP contribution in [0.1, 0.15) is 25.7 Å². The summed E-state index contributed by atoms with van der Waals surface area (Å²) < 4.78 is 0. The highest BCUT2D eigenvalue weighted by Crippen LogP contribution is 2.56. The molecule has 2 bridgehead atoms. The number of anilines is 1. The molecule has 1 saturated heterocycles. The fourth-order valence-electron chi connectivity index (χ4n) is 4.72. The maximum absolute atomic E-state index is 12.6. The number of nitrogens with one attached hydrogen (secondary N) is 1. The van der Waals surface area contributed by atoms with Crippen molar-refractivity contribution in [2.75, 3.05) is 11.9 Å². The highest BCUT2D eigenvalue weighted by atomic mass is 35.5. The Labute approximate surface area is 155 Å². The predicted molar refractivity (Wildman–Crippen MR) is 94.2 cm³/mol. The lowest BCUT2D eigenvalue weighted by Gasteiger charge is -2.19. The second-order valence-corrected chi connectivity index (χ2v) is 7.90. The number of hydrogen-bond donors (Lipinski definition) is 1. The van der Waals surface area contributed by atoms with E-state index in [0.29, 0.717) is 22.5 Å². The van der Waals surface area contributed by atoms with Crippen LogP contribution in [0.3, 0.4) is 0 Å². The van der Waals surface area contributed by atoms with Crippen molar-refractivity contribution in [1.29, 1.82) is 0 Å². The molecule has 132 valence electrons. The molecule has 0 aromatic heterocycles. The summed E-state index contributed by atoms with van der Waals surface area (Å²) in [4.78, 5) is 38.6.